The van der Waals surface area contributed by atoms with Crippen LogP contribution in [0.1, 0.15) is 46.8 Å². The van der Waals surface area contributed by atoms with Crippen LogP contribution in [0.5, 0.6) is 5.75 Å². The lowest BCUT2D eigenvalue weighted by Crippen LogP contribution is -2.31. The van der Waals surface area contributed by atoms with E-state index in [4.69, 9.17) is 21.1 Å². The van der Waals surface area contributed by atoms with E-state index in [1.165, 1.54) is 60.1 Å². The van der Waals surface area contributed by atoms with Gasteiger partial charge in [-0.15, -0.1) is 0 Å². The number of fused-ring (bicyclic) bond motifs is 1. The molecule has 3 heterocycles. The van der Waals surface area contributed by atoms with Crippen LogP contribution in [0.2, 0.25) is 5.02 Å². The fourth-order valence-corrected chi connectivity index (χ4v) is 4.90. The fraction of sp³-hybridized carbons (Fsp3) is 0.300. The molecule has 1 aromatic carbocycles. The van der Waals surface area contributed by atoms with Gasteiger partial charge in [-0.25, -0.2) is 4.52 Å². The third-order valence-corrected chi connectivity index (χ3v) is 7.09. The van der Waals surface area contributed by atoms with Gasteiger partial charge in [0, 0.05) is 55.0 Å². The molecule has 9 nitrogen and oxygen atoms in total. The van der Waals surface area contributed by atoms with E-state index < -0.39 is 36.4 Å². The third-order valence-electron chi connectivity index (χ3n) is 6.86. The Bertz CT molecular complexity index is 1770. The van der Waals surface area contributed by atoms with Crippen LogP contribution >= 0.6 is 11.6 Å². The first-order valence-electron chi connectivity index (χ1n) is 13.0. The first-order chi connectivity index (χ1) is 20.4. The molecule has 0 aliphatic rings. The monoisotopic (exact) mass is 614 g/mol. The summed E-state index contributed by atoms with van der Waals surface area (Å²) in [5, 5.41) is 14.0. The number of carbonyl (C=O) groups excluding carboxylic acids is 2. The Morgan fingerprint density at radius 3 is 2.58 bits per heavy atom. The number of carbonyl (C=O) groups is 2. The SMILES string of the molecule is COCCC(C(=O)Cc1ccn2ncc(C(=O)CCC(F)(F)F)c2c1)n1cc(OC)c(-c2cc(Cl)ccc2C#N)cc1=O. The Labute approximate surface area is 249 Å². The van der Waals surface area contributed by atoms with Crippen molar-refractivity contribution in [3.05, 3.63) is 87.1 Å². The van der Waals surface area contributed by atoms with Crippen LogP contribution in [0.25, 0.3) is 16.6 Å². The van der Waals surface area contributed by atoms with Crippen molar-refractivity contribution in [3.63, 3.8) is 0 Å². The second-order valence-electron chi connectivity index (χ2n) is 9.70. The van der Waals surface area contributed by atoms with Crippen LogP contribution in [0.4, 0.5) is 13.2 Å². The molecular weight excluding hydrogens is 589 g/mol. The van der Waals surface area contributed by atoms with Gasteiger partial charge in [0.05, 0.1) is 54.7 Å². The van der Waals surface area contributed by atoms with Crippen LogP contribution in [0, 0.1) is 11.3 Å². The van der Waals surface area contributed by atoms with Gasteiger partial charge in [0.15, 0.2) is 11.6 Å². The Morgan fingerprint density at radius 2 is 1.91 bits per heavy atom. The molecule has 0 saturated heterocycles. The van der Waals surface area contributed by atoms with Gasteiger partial charge in [0.1, 0.15) is 5.75 Å². The number of halogens is 4. The van der Waals surface area contributed by atoms with Gasteiger partial charge in [-0.3, -0.25) is 14.4 Å². The summed E-state index contributed by atoms with van der Waals surface area (Å²) >= 11 is 6.14. The van der Waals surface area contributed by atoms with Crippen LogP contribution in [-0.2, 0) is 16.0 Å². The number of hydrogen-bond acceptors (Lipinski definition) is 7. The molecule has 4 aromatic rings. The quantitative estimate of drug-likeness (QED) is 0.190. The number of hydrogen-bond donors (Lipinski definition) is 0. The number of nitriles is 1. The Balaban J connectivity index is 1.67. The van der Waals surface area contributed by atoms with Gasteiger partial charge in [-0.1, -0.05) is 11.6 Å². The molecule has 0 N–H and O–H groups in total. The third kappa shape index (κ3) is 7.31. The predicted octanol–water partition coefficient (Wildman–Crippen LogP) is 5.61. The highest BCUT2D eigenvalue weighted by Gasteiger charge is 2.29. The maximum atomic E-state index is 13.6. The van der Waals surface area contributed by atoms with E-state index in [0.717, 1.165) is 0 Å². The van der Waals surface area contributed by atoms with Crippen LogP contribution < -0.4 is 10.3 Å². The molecule has 0 bridgehead atoms. The molecule has 43 heavy (non-hydrogen) atoms. The molecule has 0 aliphatic carbocycles. The Morgan fingerprint density at radius 1 is 1.14 bits per heavy atom. The zero-order valence-electron chi connectivity index (χ0n) is 23.2. The lowest BCUT2D eigenvalue weighted by atomic mass is 9.98. The smallest absolute Gasteiger partial charge is 0.389 e. The Hall–Kier alpha value is -4.47. The molecule has 3 aromatic heterocycles. The van der Waals surface area contributed by atoms with Crippen LogP contribution in [0.3, 0.4) is 0 Å². The molecule has 0 saturated carbocycles. The standard InChI is InChI=1S/C30H26ClF3N4O5/c1-42-10-7-24(37-17-28(43-2)22(14-29(37)41)21-13-20(31)4-3-19(21)15-35)27(40)12-18-6-9-38-25(11-18)23(16-36-38)26(39)5-8-30(32,33)34/h3-4,6,9,11,13-14,16-17,24H,5,7-8,10,12H2,1-2H3. The zero-order chi connectivity index (χ0) is 31.3. The summed E-state index contributed by atoms with van der Waals surface area (Å²) in [5.41, 5.74) is 1.23. The minimum absolute atomic E-state index is 0.0174. The number of benzene rings is 1. The van der Waals surface area contributed by atoms with Crippen molar-refractivity contribution in [2.24, 2.45) is 0 Å². The molecule has 224 valence electrons. The van der Waals surface area contributed by atoms with Crippen LogP contribution in [-0.4, -0.2) is 52.8 Å². The van der Waals surface area contributed by atoms with Crippen molar-refractivity contribution in [1.82, 2.24) is 14.2 Å². The summed E-state index contributed by atoms with van der Waals surface area (Å²) in [5.74, 6) is -0.841. The molecule has 0 radical (unpaired) electrons. The van der Waals surface area contributed by atoms with Gasteiger partial charge in [0.2, 0.25) is 0 Å². The molecule has 13 heteroatoms. The van der Waals surface area contributed by atoms with Crippen molar-refractivity contribution in [2.45, 2.75) is 37.9 Å². The highest BCUT2D eigenvalue weighted by atomic mass is 35.5. The number of rotatable bonds is 12. The Kier molecular flexibility index (Phi) is 9.68. The van der Waals surface area contributed by atoms with E-state index in [1.54, 1.807) is 18.2 Å². The molecular formula is C30H26ClF3N4O5. The fourth-order valence-electron chi connectivity index (χ4n) is 4.72. The predicted molar refractivity (Wildman–Crippen MR) is 151 cm³/mol. The van der Waals surface area contributed by atoms with E-state index in [2.05, 4.69) is 11.2 Å². The number of pyridine rings is 2. The first-order valence-corrected chi connectivity index (χ1v) is 13.4. The lowest BCUT2D eigenvalue weighted by molar-refractivity contribution is -0.133. The van der Waals surface area contributed by atoms with Crippen LogP contribution in [0.15, 0.2) is 59.8 Å². The van der Waals surface area contributed by atoms with Crippen molar-refractivity contribution >= 4 is 28.7 Å². The molecule has 1 unspecified atom stereocenters. The van der Waals surface area contributed by atoms with Gasteiger partial charge < -0.3 is 14.0 Å². The number of Topliss-reactive ketones (excluding diaryl/α,β-unsaturated/α-hetero) is 2. The number of ether oxygens (including phenoxy) is 2. The maximum Gasteiger partial charge on any atom is 0.389 e. The molecule has 1 atom stereocenters. The molecule has 0 amide bonds. The summed E-state index contributed by atoms with van der Waals surface area (Å²) in [6.45, 7) is 0.152. The average Bonchev–Trinajstić information content (AvgIpc) is 3.39. The van der Waals surface area contributed by atoms with E-state index >= 15 is 0 Å². The number of alkyl halides is 3. The van der Waals surface area contributed by atoms with Crippen molar-refractivity contribution in [3.8, 4) is 22.9 Å². The first kappa shape index (κ1) is 31.5. The summed E-state index contributed by atoms with van der Waals surface area (Å²) in [7, 11) is 2.85. The number of nitrogens with zero attached hydrogens (tertiary/aromatic N) is 4. The minimum atomic E-state index is -4.47. The summed E-state index contributed by atoms with van der Waals surface area (Å²) in [4.78, 5) is 39.5. The van der Waals surface area contributed by atoms with Crippen molar-refractivity contribution < 1.29 is 32.2 Å². The van der Waals surface area contributed by atoms with Gasteiger partial charge in [-0.05, 0) is 42.3 Å². The summed E-state index contributed by atoms with van der Waals surface area (Å²) in [6.07, 6.45) is -2.36. The average molecular weight is 615 g/mol. The number of aromatic nitrogens is 3. The molecule has 0 spiro atoms. The van der Waals surface area contributed by atoms with Gasteiger partial charge in [-0.2, -0.15) is 23.5 Å². The second-order valence-corrected chi connectivity index (χ2v) is 10.1. The molecule has 4 rings (SSSR count). The van der Waals surface area contributed by atoms with Gasteiger partial charge >= 0.3 is 6.18 Å². The van der Waals surface area contributed by atoms with Crippen molar-refractivity contribution in [1.29, 1.82) is 5.26 Å². The molecule has 0 fully saturated rings. The number of ketones is 2. The van der Waals surface area contributed by atoms with Gasteiger partial charge in [0.25, 0.3) is 5.56 Å². The topological polar surface area (TPSA) is 116 Å². The highest BCUT2D eigenvalue weighted by molar-refractivity contribution is 6.31. The summed E-state index contributed by atoms with van der Waals surface area (Å²) < 4.78 is 51.2. The zero-order valence-corrected chi connectivity index (χ0v) is 23.9. The van der Waals surface area contributed by atoms with Crippen molar-refractivity contribution in [2.75, 3.05) is 20.8 Å². The maximum absolute atomic E-state index is 13.6. The largest absolute Gasteiger partial charge is 0.495 e. The summed E-state index contributed by atoms with van der Waals surface area (Å²) in [6, 6.07) is 10.1. The number of methoxy groups -OCH3 is 2. The normalized spacial score (nSPS) is 12.2. The lowest BCUT2D eigenvalue weighted by Gasteiger charge is -2.21. The minimum Gasteiger partial charge on any atom is -0.495 e. The highest BCUT2D eigenvalue weighted by Crippen LogP contribution is 2.34. The van der Waals surface area contributed by atoms with E-state index in [9.17, 15) is 32.8 Å². The molecule has 0 aliphatic heterocycles. The van der Waals surface area contributed by atoms with E-state index in [-0.39, 0.29) is 47.6 Å². The van der Waals surface area contributed by atoms with E-state index in [0.29, 0.717) is 21.7 Å². The second kappa shape index (κ2) is 13.2. The van der Waals surface area contributed by atoms with E-state index in [1.807, 2.05) is 0 Å².